The summed E-state index contributed by atoms with van der Waals surface area (Å²) in [6.07, 6.45) is 1.20. The zero-order valence-electron chi connectivity index (χ0n) is 11.9. The molecule has 0 spiro atoms. The van der Waals surface area contributed by atoms with E-state index in [0.29, 0.717) is 5.02 Å². The molecule has 0 bridgehead atoms. The second-order valence-electron chi connectivity index (χ2n) is 4.41. The molecule has 23 heavy (non-hydrogen) atoms. The zero-order valence-corrected chi connectivity index (χ0v) is 13.4. The number of rotatable bonds is 4. The topological polar surface area (TPSA) is 91.2 Å². The monoisotopic (exact) mass is 354 g/mol. The predicted molar refractivity (Wildman–Crippen MR) is 87.8 cm³/mol. The molecule has 3 N–H and O–H groups in total. The van der Waals surface area contributed by atoms with Gasteiger partial charge in [-0.2, -0.15) is 5.10 Å². The third-order valence-corrected chi connectivity index (χ3v) is 3.37. The number of phenols is 2. The maximum absolute atomic E-state index is 11.9. The van der Waals surface area contributed by atoms with Crippen LogP contribution in [0.3, 0.4) is 0 Å². The number of amides is 1. The van der Waals surface area contributed by atoms with Crippen molar-refractivity contribution >= 4 is 35.3 Å². The molecule has 2 aromatic rings. The van der Waals surface area contributed by atoms with Crippen molar-refractivity contribution in [1.29, 1.82) is 0 Å². The Morgan fingerprint density at radius 1 is 1.26 bits per heavy atom. The highest BCUT2D eigenvalue weighted by Gasteiger charge is 2.09. The second-order valence-corrected chi connectivity index (χ2v) is 5.25. The molecule has 0 aromatic heterocycles. The molecular weight excluding hydrogens is 343 g/mol. The highest BCUT2D eigenvalue weighted by atomic mass is 35.5. The van der Waals surface area contributed by atoms with Crippen molar-refractivity contribution in [2.75, 3.05) is 7.11 Å². The Morgan fingerprint density at radius 3 is 2.65 bits per heavy atom. The van der Waals surface area contributed by atoms with Crippen LogP contribution >= 0.6 is 23.2 Å². The summed E-state index contributed by atoms with van der Waals surface area (Å²) in [5, 5.41) is 23.5. The Kier molecular flexibility index (Phi) is 5.31. The Hall–Kier alpha value is -2.44. The van der Waals surface area contributed by atoms with Crippen LogP contribution in [0.1, 0.15) is 15.9 Å². The molecule has 0 aliphatic rings. The SMILES string of the molecule is COc1ccc(C(=O)NN=Cc2cc(Cl)cc(Cl)c2O)cc1O. The van der Waals surface area contributed by atoms with E-state index >= 15 is 0 Å². The summed E-state index contributed by atoms with van der Waals surface area (Å²) in [5.41, 5.74) is 2.70. The molecule has 1 amide bonds. The van der Waals surface area contributed by atoms with E-state index in [1.165, 1.54) is 43.7 Å². The molecule has 0 aliphatic heterocycles. The van der Waals surface area contributed by atoms with Gasteiger partial charge in [0.25, 0.3) is 5.91 Å². The molecule has 0 fully saturated rings. The highest BCUT2D eigenvalue weighted by molar-refractivity contribution is 6.36. The average molecular weight is 355 g/mol. The van der Waals surface area contributed by atoms with Gasteiger partial charge in [0, 0.05) is 16.1 Å². The Balaban J connectivity index is 2.11. The molecule has 2 aromatic carbocycles. The molecule has 0 aliphatic carbocycles. The third-order valence-electron chi connectivity index (χ3n) is 2.87. The number of benzene rings is 2. The van der Waals surface area contributed by atoms with E-state index in [0.717, 1.165) is 0 Å². The van der Waals surface area contributed by atoms with Crippen LogP contribution in [0.15, 0.2) is 35.4 Å². The smallest absolute Gasteiger partial charge is 0.271 e. The van der Waals surface area contributed by atoms with Gasteiger partial charge in [0.2, 0.25) is 0 Å². The van der Waals surface area contributed by atoms with Crippen LogP contribution in [-0.2, 0) is 0 Å². The van der Waals surface area contributed by atoms with E-state index in [-0.39, 0.29) is 33.4 Å². The van der Waals surface area contributed by atoms with E-state index in [1.807, 2.05) is 0 Å². The van der Waals surface area contributed by atoms with Crippen LogP contribution in [0, 0.1) is 0 Å². The molecule has 0 saturated heterocycles. The number of hydrogen-bond acceptors (Lipinski definition) is 5. The van der Waals surface area contributed by atoms with E-state index in [9.17, 15) is 15.0 Å². The van der Waals surface area contributed by atoms with Crippen molar-refractivity contribution in [3.8, 4) is 17.2 Å². The minimum absolute atomic E-state index is 0.0744. The summed E-state index contributed by atoms with van der Waals surface area (Å²) in [4.78, 5) is 11.9. The van der Waals surface area contributed by atoms with Crippen molar-refractivity contribution in [2.45, 2.75) is 0 Å². The van der Waals surface area contributed by atoms with Gasteiger partial charge >= 0.3 is 0 Å². The van der Waals surface area contributed by atoms with Gasteiger partial charge in [-0.3, -0.25) is 4.79 Å². The number of hydrogen-bond donors (Lipinski definition) is 3. The van der Waals surface area contributed by atoms with Crippen molar-refractivity contribution in [3.05, 3.63) is 51.5 Å². The normalized spacial score (nSPS) is 10.7. The van der Waals surface area contributed by atoms with Gasteiger partial charge in [-0.05, 0) is 30.3 Å². The number of halogens is 2. The summed E-state index contributed by atoms with van der Waals surface area (Å²) < 4.78 is 4.89. The van der Waals surface area contributed by atoms with Crippen LogP contribution in [0.5, 0.6) is 17.2 Å². The summed E-state index contributed by atoms with van der Waals surface area (Å²) in [6, 6.07) is 7.00. The van der Waals surface area contributed by atoms with Crippen LogP contribution in [0.25, 0.3) is 0 Å². The number of phenolic OH excluding ortho intramolecular Hbond substituents is 2. The van der Waals surface area contributed by atoms with Crippen molar-refractivity contribution in [2.24, 2.45) is 5.10 Å². The maximum Gasteiger partial charge on any atom is 0.271 e. The van der Waals surface area contributed by atoms with Gasteiger partial charge in [-0.25, -0.2) is 5.43 Å². The fourth-order valence-electron chi connectivity index (χ4n) is 1.74. The number of carbonyl (C=O) groups is 1. The van der Waals surface area contributed by atoms with Crippen molar-refractivity contribution in [1.82, 2.24) is 5.43 Å². The quantitative estimate of drug-likeness (QED) is 0.580. The summed E-state index contributed by atoms with van der Waals surface area (Å²) in [7, 11) is 1.40. The first-order chi connectivity index (χ1) is 10.9. The maximum atomic E-state index is 11.9. The number of aromatic hydroxyl groups is 2. The summed E-state index contributed by atoms with van der Waals surface area (Å²) in [6.45, 7) is 0. The van der Waals surface area contributed by atoms with Gasteiger partial charge in [-0.15, -0.1) is 0 Å². The first kappa shape index (κ1) is 16.9. The lowest BCUT2D eigenvalue weighted by atomic mass is 10.2. The standard InChI is InChI=1S/C15H12Cl2N2O4/c1-23-13-3-2-8(5-12(13)20)15(22)19-18-7-9-4-10(16)6-11(17)14(9)21/h2-7,20-21H,1H3,(H,19,22). The van der Waals surface area contributed by atoms with E-state index < -0.39 is 5.91 Å². The molecule has 8 heteroatoms. The number of carbonyl (C=O) groups excluding carboxylic acids is 1. The molecule has 0 saturated carbocycles. The predicted octanol–water partition coefficient (Wildman–Crippen LogP) is 3.18. The highest BCUT2D eigenvalue weighted by Crippen LogP contribution is 2.30. The van der Waals surface area contributed by atoms with Gasteiger partial charge in [0.05, 0.1) is 18.3 Å². The minimum Gasteiger partial charge on any atom is -0.506 e. The third kappa shape index (κ3) is 4.06. The van der Waals surface area contributed by atoms with Gasteiger partial charge in [-0.1, -0.05) is 23.2 Å². The molecule has 0 unspecified atom stereocenters. The van der Waals surface area contributed by atoms with Crippen LogP contribution in [0.4, 0.5) is 0 Å². The molecule has 120 valence electrons. The average Bonchev–Trinajstić information content (AvgIpc) is 2.51. The molecule has 0 heterocycles. The van der Waals surface area contributed by atoms with Crippen LogP contribution in [0.2, 0.25) is 10.0 Å². The Morgan fingerprint density at radius 2 is 2.00 bits per heavy atom. The van der Waals surface area contributed by atoms with E-state index in [2.05, 4.69) is 10.5 Å². The molecule has 2 rings (SSSR count). The number of hydrazone groups is 1. The fourth-order valence-corrected chi connectivity index (χ4v) is 2.25. The second kappa shape index (κ2) is 7.21. The van der Waals surface area contributed by atoms with Gasteiger partial charge in [0.1, 0.15) is 5.75 Å². The lowest BCUT2D eigenvalue weighted by molar-refractivity contribution is 0.0954. The largest absolute Gasteiger partial charge is 0.506 e. The Bertz CT molecular complexity index is 778. The number of methoxy groups -OCH3 is 1. The summed E-state index contributed by atoms with van der Waals surface area (Å²) in [5.74, 6) is -0.657. The lowest BCUT2D eigenvalue weighted by Gasteiger charge is -2.05. The molecule has 0 radical (unpaired) electrons. The van der Waals surface area contributed by atoms with Gasteiger partial charge < -0.3 is 14.9 Å². The fraction of sp³-hybridized carbons (Fsp3) is 0.0667. The van der Waals surface area contributed by atoms with Crippen LogP contribution in [-0.4, -0.2) is 29.4 Å². The molecular formula is C15H12Cl2N2O4. The lowest BCUT2D eigenvalue weighted by Crippen LogP contribution is -2.17. The minimum atomic E-state index is -0.549. The first-order valence-electron chi connectivity index (χ1n) is 6.30. The van der Waals surface area contributed by atoms with E-state index in [1.54, 1.807) is 0 Å². The van der Waals surface area contributed by atoms with Crippen molar-refractivity contribution < 1.29 is 19.7 Å². The first-order valence-corrected chi connectivity index (χ1v) is 7.06. The molecule has 0 atom stereocenters. The zero-order chi connectivity index (χ0) is 17.0. The van der Waals surface area contributed by atoms with Gasteiger partial charge in [0.15, 0.2) is 11.5 Å². The number of nitrogens with one attached hydrogen (secondary N) is 1. The Labute approximate surface area is 141 Å². The van der Waals surface area contributed by atoms with E-state index in [4.69, 9.17) is 27.9 Å². The van der Waals surface area contributed by atoms with Crippen LogP contribution < -0.4 is 10.2 Å². The number of ether oxygens (including phenoxy) is 1. The van der Waals surface area contributed by atoms with Crippen molar-refractivity contribution in [3.63, 3.8) is 0 Å². The summed E-state index contributed by atoms with van der Waals surface area (Å²) >= 11 is 11.6. The molecule has 6 nitrogen and oxygen atoms in total. The number of nitrogens with zero attached hydrogens (tertiary/aromatic N) is 1.